The lowest BCUT2D eigenvalue weighted by Gasteiger charge is -2.17. The number of imide groups is 1. The van der Waals surface area contributed by atoms with Gasteiger partial charge in [0.1, 0.15) is 5.75 Å². The fourth-order valence-corrected chi connectivity index (χ4v) is 3.72. The molecule has 0 spiro atoms. The number of benzene rings is 2. The van der Waals surface area contributed by atoms with Crippen molar-refractivity contribution in [1.82, 2.24) is 4.90 Å². The quantitative estimate of drug-likeness (QED) is 0.412. The number of alkyl halides is 6. The third-order valence-corrected chi connectivity index (χ3v) is 5.28. The highest BCUT2D eigenvalue weighted by atomic mass is 35.5. The molecule has 1 N–H and O–H groups in total. The van der Waals surface area contributed by atoms with Gasteiger partial charge in [-0.05, 0) is 59.8 Å². The molecule has 2 aromatic rings. The molecule has 4 nitrogen and oxygen atoms in total. The number of phenols is 1. The summed E-state index contributed by atoms with van der Waals surface area (Å²) in [5.41, 5.74) is -3.51. The highest BCUT2D eigenvalue weighted by molar-refractivity contribution is 8.18. The number of aromatic hydroxyl groups is 1. The van der Waals surface area contributed by atoms with E-state index in [0.29, 0.717) is 28.8 Å². The van der Waals surface area contributed by atoms with Gasteiger partial charge in [0.05, 0.1) is 22.6 Å². The van der Waals surface area contributed by atoms with Gasteiger partial charge in [-0.2, -0.15) is 26.3 Å². The fraction of sp³-hybridized carbons (Fsp3) is 0.158. The summed E-state index contributed by atoms with van der Waals surface area (Å²) in [6.45, 7) is -0.795. The molecule has 0 radical (unpaired) electrons. The lowest BCUT2D eigenvalue weighted by atomic mass is 10.0. The molecular weight excluding hydrogens is 472 g/mol. The van der Waals surface area contributed by atoms with Crippen molar-refractivity contribution in [3.63, 3.8) is 0 Å². The number of phenolic OH excluding ortho intramolecular Hbond substituents is 1. The standard InChI is InChI=1S/C19H10ClF6NO3S/c20-13-1-2-14(28)10(5-13)6-15-16(29)27(17(30)31-15)8-9-3-11(18(21,22)23)7-12(4-9)19(24,25)26/h1-7,28H,8H2/b15-6-. The second-order valence-corrected chi connectivity index (χ2v) is 7.81. The zero-order valence-electron chi connectivity index (χ0n) is 15.0. The predicted molar refractivity (Wildman–Crippen MR) is 101 cm³/mol. The lowest BCUT2D eigenvalue weighted by Crippen LogP contribution is -2.28. The maximum Gasteiger partial charge on any atom is 0.416 e. The van der Waals surface area contributed by atoms with Crippen molar-refractivity contribution in [2.75, 3.05) is 0 Å². The number of hydrogen-bond donors (Lipinski definition) is 1. The fourth-order valence-electron chi connectivity index (χ4n) is 2.71. The molecule has 0 unspecified atom stereocenters. The zero-order valence-corrected chi connectivity index (χ0v) is 16.6. The molecule has 164 valence electrons. The molecule has 0 atom stereocenters. The van der Waals surface area contributed by atoms with Crippen LogP contribution in [-0.4, -0.2) is 21.2 Å². The molecule has 0 aromatic heterocycles. The van der Waals surface area contributed by atoms with E-state index in [1.165, 1.54) is 18.2 Å². The van der Waals surface area contributed by atoms with Crippen LogP contribution in [0, 0.1) is 0 Å². The molecule has 1 saturated heterocycles. The van der Waals surface area contributed by atoms with Gasteiger partial charge in [-0.1, -0.05) is 11.6 Å². The van der Waals surface area contributed by atoms with Crippen molar-refractivity contribution in [1.29, 1.82) is 0 Å². The van der Waals surface area contributed by atoms with Crippen LogP contribution in [-0.2, 0) is 23.7 Å². The van der Waals surface area contributed by atoms with Crippen LogP contribution in [0.2, 0.25) is 5.02 Å². The summed E-state index contributed by atoms with van der Waals surface area (Å²) < 4.78 is 78.1. The van der Waals surface area contributed by atoms with Crippen LogP contribution >= 0.6 is 23.4 Å². The number of thioether (sulfide) groups is 1. The van der Waals surface area contributed by atoms with Crippen molar-refractivity contribution < 1.29 is 41.0 Å². The maximum atomic E-state index is 13.0. The van der Waals surface area contributed by atoms with Gasteiger partial charge in [0.2, 0.25) is 0 Å². The summed E-state index contributed by atoms with van der Waals surface area (Å²) in [5, 5.41) is 9.17. The van der Waals surface area contributed by atoms with Gasteiger partial charge < -0.3 is 5.11 Å². The summed E-state index contributed by atoms with van der Waals surface area (Å²) in [6.07, 6.45) is -8.96. The molecule has 1 heterocycles. The molecular formula is C19H10ClF6NO3S. The van der Waals surface area contributed by atoms with E-state index in [4.69, 9.17) is 11.6 Å². The van der Waals surface area contributed by atoms with E-state index in [9.17, 15) is 41.0 Å². The molecule has 1 aliphatic heterocycles. The highest BCUT2D eigenvalue weighted by Crippen LogP contribution is 2.39. The number of halogens is 7. The Balaban J connectivity index is 1.94. The number of nitrogens with zero attached hydrogens (tertiary/aromatic N) is 1. The number of rotatable bonds is 3. The average molecular weight is 482 g/mol. The number of carbonyl (C=O) groups excluding carboxylic acids is 2. The zero-order chi connectivity index (χ0) is 23.1. The largest absolute Gasteiger partial charge is 0.507 e. The maximum absolute atomic E-state index is 13.0. The van der Waals surface area contributed by atoms with Gasteiger partial charge in [-0.15, -0.1) is 0 Å². The summed E-state index contributed by atoms with van der Waals surface area (Å²) in [4.78, 5) is 25.1. The van der Waals surface area contributed by atoms with Crippen LogP contribution in [0.4, 0.5) is 31.1 Å². The van der Waals surface area contributed by atoms with Crippen LogP contribution < -0.4 is 0 Å². The summed E-state index contributed by atoms with van der Waals surface area (Å²) in [7, 11) is 0. The monoisotopic (exact) mass is 481 g/mol. The number of carbonyl (C=O) groups is 2. The third-order valence-electron chi connectivity index (χ3n) is 4.14. The molecule has 12 heteroatoms. The Kier molecular flexibility index (Phi) is 6.03. The van der Waals surface area contributed by atoms with Crippen molar-refractivity contribution >= 4 is 40.6 Å². The van der Waals surface area contributed by atoms with E-state index in [-0.39, 0.29) is 27.3 Å². The first-order valence-corrected chi connectivity index (χ1v) is 9.47. The normalized spacial score (nSPS) is 16.5. The second kappa shape index (κ2) is 8.12. The van der Waals surface area contributed by atoms with E-state index in [1.807, 2.05) is 0 Å². The van der Waals surface area contributed by atoms with Gasteiger partial charge >= 0.3 is 12.4 Å². The molecule has 1 fully saturated rings. The van der Waals surface area contributed by atoms with Gasteiger partial charge in [-0.25, -0.2) is 0 Å². The minimum Gasteiger partial charge on any atom is -0.507 e. The van der Waals surface area contributed by atoms with Gasteiger partial charge in [0.15, 0.2) is 0 Å². The minimum absolute atomic E-state index is 0.0425. The molecule has 0 saturated carbocycles. The number of amides is 2. The first kappa shape index (κ1) is 23.0. The molecule has 2 aromatic carbocycles. The molecule has 0 aliphatic carbocycles. The van der Waals surface area contributed by atoms with Crippen LogP contribution in [0.3, 0.4) is 0 Å². The average Bonchev–Trinajstić information content (AvgIpc) is 2.90. The van der Waals surface area contributed by atoms with E-state index in [0.717, 1.165) is 6.08 Å². The third kappa shape index (κ3) is 5.16. The Morgan fingerprint density at radius 2 is 1.55 bits per heavy atom. The molecule has 0 bridgehead atoms. The molecule has 3 rings (SSSR count). The van der Waals surface area contributed by atoms with Crippen molar-refractivity contribution in [2.24, 2.45) is 0 Å². The van der Waals surface area contributed by atoms with Crippen LogP contribution in [0.5, 0.6) is 5.75 Å². The predicted octanol–water partition coefficient (Wildman–Crippen LogP) is 6.32. The smallest absolute Gasteiger partial charge is 0.416 e. The summed E-state index contributed by atoms with van der Waals surface area (Å²) in [5.74, 6) is -1.18. The Morgan fingerprint density at radius 3 is 2.10 bits per heavy atom. The first-order valence-electron chi connectivity index (χ1n) is 8.28. The Bertz CT molecular complexity index is 1060. The first-order chi connectivity index (χ1) is 14.3. The van der Waals surface area contributed by atoms with Gasteiger partial charge in [0.25, 0.3) is 11.1 Å². The Hall–Kier alpha value is -2.66. The van der Waals surface area contributed by atoms with Crippen LogP contribution in [0.25, 0.3) is 6.08 Å². The SMILES string of the molecule is O=C1S/C(=C\c2cc(Cl)ccc2O)C(=O)N1Cc1cc(C(F)(F)F)cc(C(F)(F)F)c1. The highest BCUT2D eigenvalue weighted by Gasteiger charge is 2.39. The molecule has 2 amide bonds. The van der Waals surface area contributed by atoms with Crippen molar-refractivity contribution in [3.05, 3.63) is 68.6 Å². The van der Waals surface area contributed by atoms with Crippen molar-refractivity contribution in [3.8, 4) is 5.75 Å². The summed E-state index contributed by atoms with van der Waals surface area (Å²) in [6, 6.07) is 4.80. The second-order valence-electron chi connectivity index (χ2n) is 6.39. The Morgan fingerprint density at radius 1 is 0.968 bits per heavy atom. The molecule has 1 aliphatic rings. The topological polar surface area (TPSA) is 57.6 Å². The lowest BCUT2D eigenvalue weighted by molar-refractivity contribution is -0.143. The van der Waals surface area contributed by atoms with E-state index < -0.39 is 46.7 Å². The van der Waals surface area contributed by atoms with Crippen LogP contribution in [0.15, 0.2) is 41.3 Å². The minimum atomic E-state index is -5.06. The van der Waals surface area contributed by atoms with E-state index in [2.05, 4.69) is 0 Å². The van der Waals surface area contributed by atoms with Crippen LogP contribution in [0.1, 0.15) is 22.3 Å². The Labute approximate surface area is 180 Å². The molecule has 31 heavy (non-hydrogen) atoms. The number of hydrogen-bond acceptors (Lipinski definition) is 4. The van der Waals surface area contributed by atoms with Crippen molar-refractivity contribution in [2.45, 2.75) is 18.9 Å². The van der Waals surface area contributed by atoms with Gasteiger partial charge in [0, 0.05) is 10.6 Å². The van der Waals surface area contributed by atoms with E-state index >= 15 is 0 Å². The summed E-state index contributed by atoms with van der Waals surface area (Å²) >= 11 is 6.24. The van der Waals surface area contributed by atoms with Gasteiger partial charge in [-0.3, -0.25) is 14.5 Å². The van der Waals surface area contributed by atoms with E-state index in [1.54, 1.807) is 0 Å².